The van der Waals surface area contributed by atoms with Gasteiger partial charge in [0, 0.05) is 17.8 Å². The van der Waals surface area contributed by atoms with Crippen LogP contribution in [-0.2, 0) is 6.54 Å². The summed E-state index contributed by atoms with van der Waals surface area (Å²) < 4.78 is 5.26. The molecule has 0 aliphatic carbocycles. The Morgan fingerprint density at radius 2 is 2.44 bits per heavy atom. The molecular formula is C11H10N2O3. The molecule has 0 aromatic heterocycles. The molecule has 0 atom stereocenters. The Hall–Kier alpha value is -2.17. The molecule has 0 saturated carbocycles. The van der Waals surface area contributed by atoms with E-state index in [1.807, 2.05) is 0 Å². The smallest absolute Gasteiger partial charge is 0.311 e. The van der Waals surface area contributed by atoms with Gasteiger partial charge in [-0.15, -0.1) is 0 Å². The third kappa shape index (κ3) is 1.79. The fourth-order valence-electron chi connectivity index (χ4n) is 1.53. The standard InChI is InChI=1S/C11H10N2O3/c1-2-3-16-11-5-9-7-12-6-8(9)4-10(11)13(14)15/h2,4-6H,1,3,7H2. The molecule has 0 saturated heterocycles. The van der Waals surface area contributed by atoms with Gasteiger partial charge in [0.2, 0.25) is 0 Å². The summed E-state index contributed by atoms with van der Waals surface area (Å²) in [7, 11) is 0. The maximum atomic E-state index is 10.8. The molecule has 2 rings (SSSR count). The van der Waals surface area contributed by atoms with Crippen molar-refractivity contribution >= 4 is 11.9 Å². The minimum atomic E-state index is -0.454. The van der Waals surface area contributed by atoms with Crippen LogP contribution < -0.4 is 4.74 Å². The maximum Gasteiger partial charge on any atom is 0.311 e. The van der Waals surface area contributed by atoms with E-state index >= 15 is 0 Å². The Morgan fingerprint density at radius 3 is 3.12 bits per heavy atom. The Labute approximate surface area is 92.2 Å². The van der Waals surface area contributed by atoms with Crippen LogP contribution >= 0.6 is 0 Å². The van der Waals surface area contributed by atoms with Gasteiger partial charge in [-0.3, -0.25) is 15.1 Å². The maximum absolute atomic E-state index is 10.8. The molecule has 0 N–H and O–H groups in total. The van der Waals surface area contributed by atoms with Crippen molar-refractivity contribution in [1.29, 1.82) is 0 Å². The Morgan fingerprint density at radius 1 is 1.62 bits per heavy atom. The Kier molecular flexibility index (Phi) is 2.68. The minimum Gasteiger partial charge on any atom is -0.483 e. The molecule has 1 aliphatic heterocycles. The van der Waals surface area contributed by atoms with Crippen molar-refractivity contribution in [2.45, 2.75) is 6.54 Å². The monoisotopic (exact) mass is 218 g/mol. The van der Waals surface area contributed by atoms with Crippen LogP contribution in [-0.4, -0.2) is 17.7 Å². The van der Waals surface area contributed by atoms with Crippen molar-refractivity contribution in [3.63, 3.8) is 0 Å². The van der Waals surface area contributed by atoms with Gasteiger partial charge in [0.1, 0.15) is 6.61 Å². The van der Waals surface area contributed by atoms with Crippen LogP contribution in [0.25, 0.3) is 0 Å². The van der Waals surface area contributed by atoms with Crippen molar-refractivity contribution in [3.8, 4) is 5.75 Å². The fourth-order valence-corrected chi connectivity index (χ4v) is 1.53. The Balaban J connectivity index is 2.42. The lowest BCUT2D eigenvalue weighted by atomic mass is 10.1. The lowest BCUT2D eigenvalue weighted by molar-refractivity contribution is -0.385. The number of nitro benzene ring substituents is 1. The highest BCUT2D eigenvalue weighted by atomic mass is 16.6. The van der Waals surface area contributed by atoms with Crippen molar-refractivity contribution in [1.82, 2.24) is 0 Å². The molecule has 1 aromatic rings. The van der Waals surface area contributed by atoms with E-state index in [0.717, 1.165) is 11.1 Å². The molecule has 0 bridgehead atoms. The normalized spacial score (nSPS) is 12.2. The van der Waals surface area contributed by atoms with Crippen LogP contribution in [0.1, 0.15) is 11.1 Å². The lowest BCUT2D eigenvalue weighted by Gasteiger charge is -2.06. The van der Waals surface area contributed by atoms with E-state index in [4.69, 9.17) is 4.74 Å². The minimum absolute atomic E-state index is 0.0334. The van der Waals surface area contributed by atoms with E-state index in [1.165, 1.54) is 6.07 Å². The number of ether oxygens (including phenoxy) is 1. The average molecular weight is 218 g/mol. The van der Waals surface area contributed by atoms with Gasteiger partial charge in [0.15, 0.2) is 5.75 Å². The van der Waals surface area contributed by atoms with Crippen molar-refractivity contribution < 1.29 is 9.66 Å². The van der Waals surface area contributed by atoms with E-state index in [0.29, 0.717) is 6.54 Å². The first-order chi connectivity index (χ1) is 7.72. The molecule has 0 spiro atoms. The highest BCUT2D eigenvalue weighted by Gasteiger charge is 2.20. The van der Waals surface area contributed by atoms with Gasteiger partial charge in [-0.1, -0.05) is 12.7 Å². The van der Waals surface area contributed by atoms with Gasteiger partial charge >= 0.3 is 5.69 Å². The summed E-state index contributed by atoms with van der Waals surface area (Å²) in [6, 6.07) is 3.16. The zero-order valence-corrected chi connectivity index (χ0v) is 8.55. The van der Waals surface area contributed by atoms with Crippen LogP contribution in [0, 0.1) is 10.1 Å². The number of hydrogen-bond donors (Lipinski definition) is 0. The number of rotatable bonds is 4. The first-order valence-corrected chi connectivity index (χ1v) is 4.77. The van der Waals surface area contributed by atoms with Crippen LogP contribution in [0.2, 0.25) is 0 Å². The largest absolute Gasteiger partial charge is 0.483 e. The fraction of sp³-hybridized carbons (Fsp3) is 0.182. The van der Waals surface area contributed by atoms with Gasteiger partial charge in [-0.25, -0.2) is 0 Å². The van der Waals surface area contributed by atoms with Crippen molar-refractivity contribution in [2.75, 3.05) is 6.61 Å². The summed E-state index contributed by atoms with van der Waals surface area (Å²) in [6.07, 6.45) is 3.19. The predicted molar refractivity (Wildman–Crippen MR) is 60.1 cm³/mol. The molecule has 1 aliphatic rings. The van der Waals surface area contributed by atoms with E-state index < -0.39 is 4.92 Å². The summed E-state index contributed by atoms with van der Waals surface area (Å²) in [5.41, 5.74) is 1.70. The molecule has 5 heteroatoms. The number of aliphatic imine (C=N–C) groups is 1. The van der Waals surface area contributed by atoms with E-state index in [2.05, 4.69) is 11.6 Å². The summed E-state index contributed by atoms with van der Waals surface area (Å²) in [5, 5.41) is 10.8. The van der Waals surface area contributed by atoms with Crippen LogP contribution in [0.4, 0.5) is 5.69 Å². The molecule has 16 heavy (non-hydrogen) atoms. The van der Waals surface area contributed by atoms with Crippen LogP contribution in [0.5, 0.6) is 5.75 Å². The summed E-state index contributed by atoms with van der Waals surface area (Å²) in [6.45, 7) is 4.31. The Bertz CT molecular complexity index is 480. The van der Waals surface area contributed by atoms with E-state index in [1.54, 1.807) is 18.4 Å². The predicted octanol–water partition coefficient (Wildman–Crippen LogP) is 2.09. The molecular weight excluding hydrogens is 208 g/mol. The highest BCUT2D eigenvalue weighted by molar-refractivity contribution is 5.86. The number of nitrogens with zero attached hydrogens (tertiary/aromatic N) is 2. The number of hydrogen-bond acceptors (Lipinski definition) is 4. The number of nitro groups is 1. The first kappa shape index (κ1) is 10.4. The highest BCUT2D eigenvalue weighted by Crippen LogP contribution is 2.32. The average Bonchev–Trinajstić information content (AvgIpc) is 2.71. The van der Waals surface area contributed by atoms with E-state index in [-0.39, 0.29) is 18.0 Å². The molecule has 0 radical (unpaired) electrons. The molecule has 0 unspecified atom stereocenters. The number of benzene rings is 1. The quantitative estimate of drug-likeness (QED) is 0.441. The lowest BCUT2D eigenvalue weighted by Crippen LogP contribution is -2.00. The third-order valence-corrected chi connectivity index (χ3v) is 2.27. The molecule has 82 valence electrons. The van der Waals surface area contributed by atoms with Gasteiger partial charge in [-0.05, 0) is 11.6 Å². The van der Waals surface area contributed by atoms with Crippen LogP contribution in [0.3, 0.4) is 0 Å². The van der Waals surface area contributed by atoms with Crippen LogP contribution in [0.15, 0.2) is 29.8 Å². The third-order valence-electron chi connectivity index (χ3n) is 2.27. The molecule has 1 aromatic carbocycles. The zero-order chi connectivity index (χ0) is 11.5. The topological polar surface area (TPSA) is 64.7 Å². The second kappa shape index (κ2) is 4.14. The zero-order valence-electron chi connectivity index (χ0n) is 8.55. The molecule has 5 nitrogen and oxygen atoms in total. The van der Waals surface area contributed by atoms with Gasteiger partial charge in [0.25, 0.3) is 0 Å². The van der Waals surface area contributed by atoms with Crippen molar-refractivity contribution in [3.05, 3.63) is 46.0 Å². The molecule has 0 amide bonds. The summed E-state index contributed by atoms with van der Waals surface area (Å²) in [4.78, 5) is 14.4. The first-order valence-electron chi connectivity index (χ1n) is 4.77. The molecule has 1 heterocycles. The summed E-state index contributed by atoms with van der Waals surface area (Å²) >= 11 is 0. The van der Waals surface area contributed by atoms with Gasteiger partial charge in [-0.2, -0.15) is 0 Å². The van der Waals surface area contributed by atoms with E-state index in [9.17, 15) is 10.1 Å². The van der Waals surface area contributed by atoms with Gasteiger partial charge in [0.05, 0.1) is 11.5 Å². The second-order valence-electron chi connectivity index (χ2n) is 3.35. The van der Waals surface area contributed by atoms with Gasteiger partial charge < -0.3 is 4.74 Å². The summed E-state index contributed by atoms with van der Waals surface area (Å²) in [5.74, 6) is 0.272. The number of fused-ring (bicyclic) bond motifs is 1. The second-order valence-corrected chi connectivity index (χ2v) is 3.35. The SMILES string of the molecule is C=CCOc1cc2c(cc1[N+](=O)[O-])C=NC2. The van der Waals surface area contributed by atoms with Crippen molar-refractivity contribution in [2.24, 2.45) is 4.99 Å². The molecule has 0 fully saturated rings.